The van der Waals surface area contributed by atoms with Crippen LogP contribution in [-0.4, -0.2) is 41.9 Å². The Hall–Kier alpha value is -1.00. The van der Waals surface area contributed by atoms with Crippen LogP contribution in [0.2, 0.25) is 0 Å². The molecular weight excluding hydrogens is 282 g/mol. The van der Waals surface area contributed by atoms with Crippen molar-refractivity contribution in [1.82, 2.24) is 4.90 Å². The lowest BCUT2D eigenvalue weighted by Crippen LogP contribution is -2.48. The molecule has 0 aliphatic carbocycles. The molecule has 1 aliphatic heterocycles. The molecule has 0 radical (unpaired) electrons. The van der Waals surface area contributed by atoms with E-state index in [2.05, 4.69) is 13.0 Å². The third-order valence-electron chi connectivity index (χ3n) is 3.58. The predicted molar refractivity (Wildman–Crippen MR) is 88.0 cm³/mol. The predicted octanol–water partition coefficient (Wildman–Crippen LogP) is 3.83. The molecule has 2 atom stereocenters. The zero-order valence-electron chi connectivity index (χ0n) is 13.2. The summed E-state index contributed by atoms with van der Waals surface area (Å²) in [6.45, 7) is 7.60. The van der Waals surface area contributed by atoms with E-state index in [1.807, 2.05) is 36.9 Å². The van der Waals surface area contributed by atoms with Crippen LogP contribution in [0.15, 0.2) is 29.2 Å². The SMILES string of the molecule is CCCCSc1ccccc1C(=O)N1CC(C)OC(C)C1. The van der Waals surface area contributed by atoms with Gasteiger partial charge in [0.05, 0.1) is 17.8 Å². The highest BCUT2D eigenvalue weighted by Gasteiger charge is 2.27. The fourth-order valence-corrected chi connectivity index (χ4v) is 3.75. The van der Waals surface area contributed by atoms with E-state index < -0.39 is 0 Å². The summed E-state index contributed by atoms with van der Waals surface area (Å²) in [6.07, 6.45) is 2.58. The van der Waals surface area contributed by atoms with E-state index in [9.17, 15) is 4.79 Å². The van der Waals surface area contributed by atoms with E-state index in [-0.39, 0.29) is 18.1 Å². The molecule has 1 aromatic rings. The van der Waals surface area contributed by atoms with Crippen LogP contribution in [0.4, 0.5) is 0 Å². The highest BCUT2D eigenvalue weighted by atomic mass is 32.2. The second kappa shape index (κ2) is 7.85. The number of morpholine rings is 1. The fourth-order valence-electron chi connectivity index (χ4n) is 2.61. The first-order valence-corrected chi connectivity index (χ1v) is 8.77. The summed E-state index contributed by atoms with van der Waals surface area (Å²) in [4.78, 5) is 15.8. The minimum Gasteiger partial charge on any atom is -0.372 e. The van der Waals surface area contributed by atoms with E-state index in [0.717, 1.165) is 16.2 Å². The summed E-state index contributed by atoms with van der Waals surface area (Å²) in [6, 6.07) is 7.96. The molecule has 1 amide bonds. The van der Waals surface area contributed by atoms with Crippen molar-refractivity contribution in [2.24, 2.45) is 0 Å². The van der Waals surface area contributed by atoms with E-state index in [1.54, 1.807) is 11.8 Å². The summed E-state index contributed by atoms with van der Waals surface area (Å²) < 4.78 is 5.71. The molecule has 0 spiro atoms. The number of ether oxygens (including phenoxy) is 1. The lowest BCUT2D eigenvalue weighted by Gasteiger charge is -2.35. The third-order valence-corrected chi connectivity index (χ3v) is 4.74. The molecule has 0 aromatic heterocycles. The van der Waals surface area contributed by atoms with Gasteiger partial charge in [0.1, 0.15) is 0 Å². The van der Waals surface area contributed by atoms with Gasteiger partial charge < -0.3 is 9.64 Å². The Labute approximate surface area is 132 Å². The maximum absolute atomic E-state index is 12.8. The van der Waals surface area contributed by atoms with E-state index in [4.69, 9.17) is 4.74 Å². The number of rotatable bonds is 5. The van der Waals surface area contributed by atoms with Crippen molar-refractivity contribution in [3.63, 3.8) is 0 Å². The standard InChI is InChI=1S/C17H25NO2S/c1-4-5-10-21-16-9-7-6-8-15(16)17(19)18-11-13(2)20-14(3)12-18/h6-9,13-14H,4-5,10-12H2,1-3H3. The van der Waals surface area contributed by atoms with Crippen molar-refractivity contribution in [2.75, 3.05) is 18.8 Å². The third kappa shape index (κ3) is 4.48. The van der Waals surface area contributed by atoms with Gasteiger partial charge in [0.25, 0.3) is 5.91 Å². The Balaban J connectivity index is 2.11. The first kappa shape index (κ1) is 16.4. The number of hydrogen-bond acceptors (Lipinski definition) is 3. The number of nitrogens with zero attached hydrogens (tertiary/aromatic N) is 1. The van der Waals surface area contributed by atoms with E-state index in [1.165, 1.54) is 12.8 Å². The van der Waals surface area contributed by atoms with Gasteiger partial charge in [-0.1, -0.05) is 25.5 Å². The molecule has 2 unspecified atom stereocenters. The topological polar surface area (TPSA) is 29.5 Å². The second-order valence-corrected chi connectivity index (χ2v) is 6.80. The van der Waals surface area contributed by atoms with Crippen molar-refractivity contribution in [2.45, 2.75) is 50.7 Å². The quantitative estimate of drug-likeness (QED) is 0.611. The molecule has 116 valence electrons. The maximum Gasteiger partial charge on any atom is 0.255 e. The molecule has 0 bridgehead atoms. The van der Waals surface area contributed by atoms with E-state index in [0.29, 0.717) is 13.1 Å². The van der Waals surface area contributed by atoms with Gasteiger partial charge in [-0.05, 0) is 38.2 Å². The van der Waals surface area contributed by atoms with Gasteiger partial charge in [-0.3, -0.25) is 4.79 Å². The fraction of sp³-hybridized carbons (Fsp3) is 0.588. The molecule has 0 saturated carbocycles. The smallest absolute Gasteiger partial charge is 0.255 e. The Morgan fingerprint density at radius 2 is 1.95 bits per heavy atom. The molecule has 1 fully saturated rings. The average molecular weight is 307 g/mol. The van der Waals surface area contributed by atoms with Gasteiger partial charge in [-0.25, -0.2) is 0 Å². The number of hydrogen-bond donors (Lipinski definition) is 0. The number of thioether (sulfide) groups is 1. The highest BCUT2D eigenvalue weighted by Crippen LogP contribution is 2.26. The molecule has 1 aromatic carbocycles. The van der Waals surface area contributed by atoms with Crippen LogP contribution in [-0.2, 0) is 4.74 Å². The summed E-state index contributed by atoms with van der Waals surface area (Å²) in [5.74, 6) is 1.20. The Bertz CT molecular complexity index is 468. The van der Waals surface area contributed by atoms with Crippen molar-refractivity contribution < 1.29 is 9.53 Å². The van der Waals surface area contributed by atoms with Crippen molar-refractivity contribution in [1.29, 1.82) is 0 Å². The maximum atomic E-state index is 12.8. The number of amides is 1. The zero-order valence-corrected chi connectivity index (χ0v) is 14.0. The highest BCUT2D eigenvalue weighted by molar-refractivity contribution is 7.99. The van der Waals surface area contributed by atoms with Crippen molar-refractivity contribution in [3.05, 3.63) is 29.8 Å². The molecule has 1 saturated heterocycles. The minimum atomic E-state index is 0.109. The molecule has 2 rings (SSSR count). The molecule has 0 N–H and O–H groups in total. The normalized spacial score (nSPS) is 22.3. The first-order chi connectivity index (χ1) is 10.1. The molecule has 4 heteroatoms. The monoisotopic (exact) mass is 307 g/mol. The number of benzene rings is 1. The summed E-state index contributed by atoms with van der Waals surface area (Å²) >= 11 is 1.79. The average Bonchev–Trinajstić information content (AvgIpc) is 2.46. The molecular formula is C17H25NO2S. The Kier molecular flexibility index (Phi) is 6.12. The second-order valence-electron chi connectivity index (χ2n) is 5.67. The van der Waals surface area contributed by atoms with Gasteiger partial charge in [-0.2, -0.15) is 0 Å². The van der Waals surface area contributed by atoms with Crippen molar-refractivity contribution >= 4 is 17.7 Å². The summed E-state index contributed by atoms with van der Waals surface area (Å²) in [5, 5.41) is 0. The first-order valence-electron chi connectivity index (χ1n) is 7.78. The summed E-state index contributed by atoms with van der Waals surface area (Å²) in [7, 11) is 0. The lowest BCUT2D eigenvalue weighted by atomic mass is 10.1. The number of carbonyl (C=O) groups excluding carboxylic acids is 1. The number of unbranched alkanes of at least 4 members (excludes halogenated alkanes) is 1. The molecule has 21 heavy (non-hydrogen) atoms. The lowest BCUT2D eigenvalue weighted by molar-refractivity contribution is -0.0586. The van der Waals surface area contributed by atoms with Gasteiger partial charge in [0, 0.05) is 18.0 Å². The van der Waals surface area contributed by atoms with Crippen LogP contribution in [0.1, 0.15) is 44.0 Å². The van der Waals surface area contributed by atoms with E-state index >= 15 is 0 Å². The van der Waals surface area contributed by atoms with Crippen LogP contribution >= 0.6 is 11.8 Å². The van der Waals surface area contributed by atoms with Crippen LogP contribution in [0.25, 0.3) is 0 Å². The zero-order chi connectivity index (χ0) is 15.2. The van der Waals surface area contributed by atoms with Crippen LogP contribution in [0, 0.1) is 0 Å². The Morgan fingerprint density at radius 1 is 1.29 bits per heavy atom. The molecule has 3 nitrogen and oxygen atoms in total. The number of carbonyl (C=O) groups is 1. The largest absolute Gasteiger partial charge is 0.372 e. The van der Waals surface area contributed by atoms with Crippen LogP contribution in [0.5, 0.6) is 0 Å². The van der Waals surface area contributed by atoms with Crippen LogP contribution < -0.4 is 0 Å². The minimum absolute atomic E-state index is 0.109. The summed E-state index contributed by atoms with van der Waals surface area (Å²) in [5.41, 5.74) is 0.833. The van der Waals surface area contributed by atoms with Crippen LogP contribution in [0.3, 0.4) is 0 Å². The Morgan fingerprint density at radius 3 is 2.62 bits per heavy atom. The molecule has 1 aliphatic rings. The van der Waals surface area contributed by atoms with Crippen molar-refractivity contribution in [3.8, 4) is 0 Å². The van der Waals surface area contributed by atoms with Gasteiger partial charge in [0.2, 0.25) is 0 Å². The molecule has 1 heterocycles. The van der Waals surface area contributed by atoms with Gasteiger partial charge in [-0.15, -0.1) is 11.8 Å². The van der Waals surface area contributed by atoms with Gasteiger partial charge >= 0.3 is 0 Å². The van der Waals surface area contributed by atoms with Gasteiger partial charge in [0.15, 0.2) is 0 Å².